The van der Waals surface area contributed by atoms with E-state index in [9.17, 15) is 14.2 Å². The van der Waals surface area contributed by atoms with Crippen molar-refractivity contribution < 1.29 is 32.4 Å². The summed E-state index contributed by atoms with van der Waals surface area (Å²) in [6, 6.07) is 0. The third-order valence-corrected chi connectivity index (χ3v) is 11.2. The van der Waals surface area contributed by atoms with Gasteiger partial charge in [0.15, 0.2) is 8.32 Å². The van der Waals surface area contributed by atoms with Crippen molar-refractivity contribution in [3.8, 4) is 0 Å². The summed E-state index contributed by atoms with van der Waals surface area (Å²) >= 11 is 0. The van der Waals surface area contributed by atoms with Crippen molar-refractivity contribution in [2.75, 3.05) is 27.0 Å². The van der Waals surface area contributed by atoms with Crippen molar-refractivity contribution in [2.45, 2.75) is 77.6 Å². The van der Waals surface area contributed by atoms with Crippen molar-refractivity contribution in [3.63, 3.8) is 0 Å². The number of hydrogen-bond acceptors (Lipinski definition) is 7. The van der Waals surface area contributed by atoms with Gasteiger partial charge in [0.2, 0.25) is 0 Å². The third kappa shape index (κ3) is 9.99. The Kier molecular flexibility index (Phi) is 11.2. The molecule has 160 valence electrons. The molecule has 0 aromatic carbocycles. The van der Waals surface area contributed by atoms with Crippen LogP contribution in [-0.4, -0.2) is 53.2 Å². The maximum absolute atomic E-state index is 12.4. The molecular weight excluding hydrogens is 387 g/mol. The van der Waals surface area contributed by atoms with Gasteiger partial charge in [-0.3, -0.25) is 14.2 Å². The van der Waals surface area contributed by atoms with Crippen LogP contribution in [0.25, 0.3) is 0 Å². The molecule has 0 spiro atoms. The van der Waals surface area contributed by atoms with Crippen molar-refractivity contribution >= 4 is 27.7 Å². The van der Waals surface area contributed by atoms with Crippen LogP contribution in [0.1, 0.15) is 53.4 Å². The van der Waals surface area contributed by atoms with E-state index < -0.39 is 22.0 Å². The molecule has 0 fully saturated rings. The van der Waals surface area contributed by atoms with E-state index in [2.05, 4.69) is 33.9 Å². The van der Waals surface area contributed by atoms with Gasteiger partial charge in [0.05, 0.1) is 19.1 Å². The van der Waals surface area contributed by atoms with E-state index >= 15 is 0 Å². The van der Waals surface area contributed by atoms with E-state index in [0.29, 0.717) is 6.61 Å². The molecule has 0 aliphatic rings. The SMILES string of the molecule is CCCCOC(=O)C[C@H](CC(=O)CP(=O)(OC)OC)O[Si](C)(C)C(C)(C)C. The summed E-state index contributed by atoms with van der Waals surface area (Å²) in [6.07, 6.45) is 0.720. The Bertz CT molecular complexity index is 520. The fourth-order valence-electron chi connectivity index (χ4n) is 2.06. The largest absolute Gasteiger partial charge is 0.466 e. The van der Waals surface area contributed by atoms with Crippen LogP contribution in [0.5, 0.6) is 0 Å². The van der Waals surface area contributed by atoms with Crippen LogP contribution in [0.4, 0.5) is 0 Å². The van der Waals surface area contributed by atoms with Gasteiger partial charge in [-0.05, 0) is 24.6 Å². The minimum absolute atomic E-state index is 0.00771. The molecule has 0 bridgehead atoms. The van der Waals surface area contributed by atoms with Gasteiger partial charge in [0.25, 0.3) is 0 Å². The van der Waals surface area contributed by atoms with Gasteiger partial charge in [-0.1, -0.05) is 34.1 Å². The molecule has 0 unspecified atom stereocenters. The van der Waals surface area contributed by atoms with E-state index in [-0.39, 0.29) is 35.8 Å². The fraction of sp³-hybridized carbons (Fsp3) is 0.889. The number of rotatable bonds is 13. The first kappa shape index (κ1) is 26.5. The second-order valence-electron chi connectivity index (χ2n) is 8.16. The fourth-order valence-corrected chi connectivity index (χ4v) is 4.38. The lowest BCUT2D eigenvalue weighted by atomic mass is 10.1. The molecule has 1 atom stereocenters. The Hall–Kier alpha value is -0.533. The molecule has 0 aromatic rings. The third-order valence-electron chi connectivity index (χ3n) is 4.80. The lowest BCUT2D eigenvalue weighted by Gasteiger charge is -2.39. The summed E-state index contributed by atoms with van der Waals surface area (Å²) < 4.78 is 33.4. The zero-order chi connectivity index (χ0) is 21.3. The molecular formula is C18H37O7PSi. The lowest BCUT2D eigenvalue weighted by molar-refractivity contribution is -0.145. The highest BCUT2D eigenvalue weighted by atomic mass is 31.2. The molecule has 0 saturated carbocycles. The molecule has 0 aliphatic carbocycles. The standard InChI is InChI=1S/C18H37O7PSi/c1-9-10-11-24-17(20)13-16(25-27(7,8)18(2,3)4)12-15(19)14-26(21,22-5)23-6/h16H,9-14H2,1-8H3/t16-/m0/s1. The monoisotopic (exact) mass is 424 g/mol. The summed E-state index contributed by atoms with van der Waals surface area (Å²) in [6.45, 7) is 12.7. The Morgan fingerprint density at radius 1 is 1.07 bits per heavy atom. The summed E-state index contributed by atoms with van der Waals surface area (Å²) in [4.78, 5) is 24.6. The van der Waals surface area contributed by atoms with Crippen molar-refractivity contribution in [2.24, 2.45) is 0 Å². The van der Waals surface area contributed by atoms with Crippen LogP contribution in [0.3, 0.4) is 0 Å². The molecule has 0 aromatic heterocycles. The van der Waals surface area contributed by atoms with Gasteiger partial charge < -0.3 is 18.2 Å². The zero-order valence-corrected chi connectivity index (χ0v) is 20.0. The Labute approximate surface area is 165 Å². The molecule has 7 nitrogen and oxygen atoms in total. The first-order valence-electron chi connectivity index (χ1n) is 9.36. The van der Waals surface area contributed by atoms with Crippen LogP contribution in [0.15, 0.2) is 0 Å². The number of carbonyl (C=O) groups excluding carboxylic acids is 2. The number of Topliss-reactive ketones (excluding diaryl/α,β-unsaturated/α-hetero) is 1. The lowest BCUT2D eigenvalue weighted by Crippen LogP contribution is -2.45. The van der Waals surface area contributed by atoms with Crippen molar-refractivity contribution in [1.29, 1.82) is 0 Å². The summed E-state index contributed by atoms with van der Waals surface area (Å²) in [5.74, 6) is -0.714. The molecule has 27 heavy (non-hydrogen) atoms. The van der Waals surface area contributed by atoms with Gasteiger partial charge in [-0.15, -0.1) is 0 Å². The summed E-state index contributed by atoms with van der Waals surface area (Å²) in [5.41, 5.74) is 0. The molecule has 0 N–H and O–H groups in total. The van der Waals surface area contributed by atoms with Crippen LogP contribution in [0.2, 0.25) is 18.1 Å². The number of hydrogen-bond donors (Lipinski definition) is 0. The van der Waals surface area contributed by atoms with Gasteiger partial charge >= 0.3 is 13.6 Å². The van der Waals surface area contributed by atoms with Crippen LogP contribution < -0.4 is 0 Å². The number of ether oxygens (including phenoxy) is 1. The first-order valence-corrected chi connectivity index (χ1v) is 14.0. The van der Waals surface area contributed by atoms with E-state index in [1.807, 2.05) is 6.92 Å². The molecule has 0 amide bonds. The Morgan fingerprint density at radius 3 is 2.07 bits per heavy atom. The van der Waals surface area contributed by atoms with Crippen LogP contribution >= 0.6 is 7.60 Å². The average molecular weight is 425 g/mol. The van der Waals surface area contributed by atoms with E-state index in [4.69, 9.17) is 18.2 Å². The zero-order valence-electron chi connectivity index (χ0n) is 18.1. The highest BCUT2D eigenvalue weighted by molar-refractivity contribution is 7.54. The molecule has 9 heteroatoms. The van der Waals surface area contributed by atoms with Crippen LogP contribution in [-0.2, 0) is 32.4 Å². The molecule has 0 radical (unpaired) electrons. The first-order chi connectivity index (χ1) is 12.3. The predicted molar refractivity (Wildman–Crippen MR) is 109 cm³/mol. The molecule has 0 saturated heterocycles. The Balaban J connectivity index is 5.15. The van der Waals surface area contributed by atoms with E-state index in [1.165, 1.54) is 14.2 Å². The minimum Gasteiger partial charge on any atom is -0.466 e. The topological polar surface area (TPSA) is 88.1 Å². The highest BCUT2D eigenvalue weighted by Gasteiger charge is 2.40. The van der Waals surface area contributed by atoms with Gasteiger partial charge in [0, 0.05) is 20.6 Å². The highest BCUT2D eigenvalue weighted by Crippen LogP contribution is 2.46. The number of esters is 1. The summed E-state index contributed by atoms with van der Waals surface area (Å²) in [5, 5.41) is -0.0746. The van der Waals surface area contributed by atoms with Crippen molar-refractivity contribution in [3.05, 3.63) is 0 Å². The number of unbranched alkanes of at least 4 members (excludes halogenated alkanes) is 1. The average Bonchev–Trinajstić information content (AvgIpc) is 2.53. The maximum Gasteiger partial charge on any atom is 0.337 e. The minimum atomic E-state index is -3.44. The number of carbonyl (C=O) groups is 2. The smallest absolute Gasteiger partial charge is 0.337 e. The predicted octanol–water partition coefficient (Wildman–Crippen LogP) is 4.56. The second kappa shape index (κ2) is 11.5. The number of ketones is 1. The van der Waals surface area contributed by atoms with E-state index in [1.54, 1.807) is 0 Å². The molecule has 0 aliphatic heterocycles. The van der Waals surface area contributed by atoms with Gasteiger partial charge in [0.1, 0.15) is 11.9 Å². The normalized spacial score (nSPS) is 14.1. The Morgan fingerprint density at radius 2 is 1.63 bits per heavy atom. The van der Waals surface area contributed by atoms with Crippen molar-refractivity contribution in [1.82, 2.24) is 0 Å². The molecule has 0 heterocycles. The summed E-state index contributed by atoms with van der Waals surface area (Å²) in [7, 11) is -3.17. The van der Waals surface area contributed by atoms with E-state index in [0.717, 1.165) is 12.8 Å². The quantitative estimate of drug-likeness (QED) is 0.185. The molecule has 0 rings (SSSR count). The second-order valence-corrected chi connectivity index (χ2v) is 15.2. The van der Waals surface area contributed by atoms with Gasteiger partial charge in [-0.25, -0.2) is 0 Å². The maximum atomic E-state index is 12.4. The van der Waals surface area contributed by atoms with Crippen LogP contribution in [0, 0.1) is 0 Å². The van der Waals surface area contributed by atoms with Gasteiger partial charge in [-0.2, -0.15) is 0 Å².